The second kappa shape index (κ2) is 4.43. The van der Waals surface area contributed by atoms with Crippen molar-refractivity contribution in [2.24, 2.45) is 5.73 Å². The molecule has 3 N–H and O–H groups in total. The van der Waals surface area contributed by atoms with Crippen molar-refractivity contribution in [3.8, 4) is 0 Å². The van der Waals surface area contributed by atoms with Gasteiger partial charge in [0.15, 0.2) is 11.6 Å². The summed E-state index contributed by atoms with van der Waals surface area (Å²) in [6.45, 7) is -0.309. The lowest BCUT2D eigenvalue weighted by Gasteiger charge is -2.12. The first-order valence-corrected chi connectivity index (χ1v) is 4.07. The van der Waals surface area contributed by atoms with E-state index in [1.807, 2.05) is 0 Å². The summed E-state index contributed by atoms with van der Waals surface area (Å²) >= 11 is 0. The van der Waals surface area contributed by atoms with Gasteiger partial charge in [-0.3, -0.25) is 0 Å². The van der Waals surface area contributed by atoms with Crippen LogP contribution >= 0.6 is 0 Å². The van der Waals surface area contributed by atoms with Crippen LogP contribution in [0.5, 0.6) is 0 Å². The Hall–Kier alpha value is -1.07. The molecule has 14 heavy (non-hydrogen) atoms. The summed E-state index contributed by atoms with van der Waals surface area (Å²) in [6.07, 6.45) is -0.0166. The maximum Gasteiger partial charge on any atom is 0.166 e. The van der Waals surface area contributed by atoms with Crippen molar-refractivity contribution >= 4 is 0 Å². The highest BCUT2D eigenvalue weighted by Crippen LogP contribution is 2.22. The molecule has 0 unspecified atom stereocenters. The quantitative estimate of drug-likeness (QED) is 0.734. The first-order chi connectivity index (χ1) is 6.57. The van der Waals surface area contributed by atoms with Gasteiger partial charge in [-0.05, 0) is 18.6 Å². The van der Waals surface area contributed by atoms with Crippen molar-refractivity contribution in [2.45, 2.75) is 12.5 Å². The zero-order valence-electron chi connectivity index (χ0n) is 7.30. The van der Waals surface area contributed by atoms with E-state index >= 15 is 0 Å². The zero-order chi connectivity index (χ0) is 10.7. The van der Waals surface area contributed by atoms with Crippen LogP contribution in [0.4, 0.5) is 13.2 Å². The highest BCUT2D eigenvalue weighted by atomic mass is 19.2. The summed E-state index contributed by atoms with van der Waals surface area (Å²) < 4.78 is 38.8. The molecule has 1 rings (SSSR count). The Balaban J connectivity index is 3.11. The second-order valence-electron chi connectivity index (χ2n) is 2.88. The van der Waals surface area contributed by atoms with Crippen LogP contribution in [-0.4, -0.2) is 11.7 Å². The Bertz CT molecular complexity index is 330. The molecule has 0 fully saturated rings. The van der Waals surface area contributed by atoms with E-state index in [9.17, 15) is 13.2 Å². The monoisotopic (exact) mass is 205 g/mol. The second-order valence-corrected chi connectivity index (χ2v) is 2.88. The molecule has 0 aliphatic carbocycles. The molecule has 1 atom stereocenters. The molecule has 0 aliphatic heterocycles. The Morgan fingerprint density at radius 3 is 2.36 bits per heavy atom. The Labute approximate surface area is 79.2 Å². The van der Waals surface area contributed by atoms with Crippen LogP contribution in [0.2, 0.25) is 0 Å². The molecule has 0 amide bonds. The van der Waals surface area contributed by atoms with Crippen LogP contribution in [-0.2, 0) is 0 Å². The van der Waals surface area contributed by atoms with E-state index in [1.165, 1.54) is 0 Å². The van der Waals surface area contributed by atoms with Gasteiger partial charge in [-0.15, -0.1) is 0 Å². The molecule has 0 saturated carbocycles. The summed E-state index contributed by atoms with van der Waals surface area (Å²) in [7, 11) is 0. The van der Waals surface area contributed by atoms with Crippen molar-refractivity contribution in [1.29, 1.82) is 0 Å². The van der Waals surface area contributed by atoms with Crippen LogP contribution in [0.1, 0.15) is 18.0 Å². The lowest BCUT2D eigenvalue weighted by molar-refractivity contribution is 0.273. The lowest BCUT2D eigenvalue weighted by atomic mass is 10.0. The van der Waals surface area contributed by atoms with E-state index in [-0.39, 0.29) is 13.0 Å². The van der Waals surface area contributed by atoms with Gasteiger partial charge < -0.3 is 10.8 Å². The Morgan fingerprint density at radius 1 is 1.21 bits per heavy atom. The smallest absolute Gasteiger partial charge is 0.166 e. The first-order valence-electron chi connectivity index (χ1n) is 4.07. The van der Waals surface area contributed by atoms with Gasteiger partial charge in [-0.2, -0.15) is 0 Å². The van der Waals surface area contributed by atoms with Crippen LogP contribution in [0.25, 0.3) is 0 Å². The maximum absolute atomic E-state index is 13.1. The average molecular weight is 205 g/mol. The summed E-state index contributed by atoms with van der Waals surface area (Å²) in [4.78, 5) is 0. The number of aliphatic hydroxyl groups is 1. The fraction of sp³-hybridized carbons (Fsp3) is 0.333. The maximum atomic E-state index is 13.1. The van der Waals surface area contributed by atoms with E-state index in [1.54, 1.807) is 0 Å². The minimum Gasteiger partial charge on any atom is -0.396 e. The number of halogens is 3. The number of hydrogen-bond acceptors (Lipinski definition) is 2. The van der Waals surface area contributed by atoms with E-state index in [2.05, 4.69) is 0 Å². The molecule has 1 aromatic carbocycles. The van der Waals surface area contributed by atoms with Crippen molar-refractivity contribution in [2.75, 3.05) is 6.61 Å². The third kappa shape index (κ3) is 2.05. The molecule has 1 aromatic rings. The summed E-state index contributed by atoms with van der Waals surface area (Å²) in [6, 6.07) is 0.473. The SMILES string of the molecule is N[C@H](CCO)c1c(F)ccc(F)c1F. The third-order valence-electron chi connectivity index (χ3n) is 1.89. The molecule has 0 heterocycles. The molecule has 0 radical (unpaired) electrons. The predicted molar refractivity (Wildman–Crippen MR) is 44.9 cm³/mol. The Morgan fingerprint density at radius 2 is 1.79 bits per heavy atom. The van der Waals surface area contributed by atoms with Gasteiger partial charge in [0, 0.05) is 18.2 Å². The molecule has 0 saturated heterocycles. The normalized spacial score (nSPS) is 12.9. The Kier molecular flexibility index (Phi) is 3.49. The number of benzene rings is 1. The van der Waals surface area contributed by atoms with Gasteiger partial charge in [0.2, 0.25) is 0 Å². The molecule has 0 aromatic heterocycles. The van der Waals surface area contributed by atoms with E-state index < -0.39 is 29.1 Å². The molecule has 5 heteroatoms. The van der Waals surface area contributed by atoms with Gasteiger partial charge in [0.1, 0.15) is 5.82 Å². The van der Waals surface area contributed by atoms with Crippen molar-refractivity contribution < 1.29 is 18.3 Å². The summed E-state index contributed by atoms with van der Waals surface area (Å²) in [5.74, 6) is -3.33. The molecule has 0 spiro atoms. The number of aliphatic hydroxyl groups excluding tert-OH is 1. The molecule has 0 aliphatic rings. The van der Waals surface area contributed by atoms with Crippen LogP contribution < -0.4 is 5.73 Å². The van der Waals surface area contributed by atoms with Crippen molar-refractivity contribution in [3.05, 3.63) is 35.1 Å². The van der Waals surface area contributed by atoms with Crippen LogP contribution in [0.3, 0.4) is 0 Å². The minimum atomic E-state index is -1.29. The van der Waals surface area contributed by atoms with Crippen molar-refractivity contribution in [3.63, 3.8) is 0 Å². The molecule has 0 bridgehead atoms. The van der Waals surface area contributed by atoms with E-state index in [0.717, 1.165) is 6.07 Å². The fourth-order valence-corrected chi connectivity index (χ4v) is 1.17. The van der Waals surface area contributed by atoms with Gasteiger partial charge in [-0.25, -0.2) is 13.2 Å². The summed E-state index contributed by atoms with van der Waals surface area (Å²) in [5, 5.41) is 8.53. The van der Waals surface area contributed by atoms with Crippen LogP contribution in [0, 0.1) is 17.5 Å². The topological polar surface area (TPSA) is 46.2 Å². The summed E-state index contributed by atoms with van der Waals surface area (Å²) in [5.41, 5.74) is 4.85. The fourth-order valence-electron chi connectivity index (χ4n) is 1.17. The molecular weight excluding hydrogens is 195 g/mol. The minimum absolute atomic E-state index is 0.0166. The molecule has 2 nitrogen and oxygen atoms in total. The van der Waals surface area contributed by atoms with Crippen molar-refractivity contribution in [1.82, 2.24) is 0 Å². The number of rotatable bonds is 3. The van der Waals surface area contributed by atoms with Gasteiger partial charge in [0.25, 0.3) is 0 Å². The average Bonchev–Trinajstić information content (AvgIpc) is 2.13. The first kappa shape index (κ1) is 11.0. The number of nitrogens with two attached hydrogens (primary N) is 1. The largest absolute Gasteiger partial charge is 0.396 e. The lowest BCUT2D eigenvalue weighted by Crippen LogP contribution is -2.16. The molecular formula is C9H10F3NO. The van der Waals surface area contributed by atoms with Gasteiger partial charge in [-0.1, -0.05) is 0 Å². The van der Waals surface area contributed by atoms with Gasteiger partial charge >= 0.3 is 0 Å². The predicted octanol–water partition coefficient (Wildman–Crippen LogP) is 1.49. The van der Waals surface area contributed by atoms with E-state index in [0.29, 0.717) is 6.07 Å². The number of hydrogen-bond donors (Lipinski definition) is 2. The highest BCUT2D eigenvalue weighted by molar-refractivity contribution is 5.24. The highest BCUT2D eigenvalue weighted by Gasteiger charge is 2.19. The standard InChI is InChI=1S/C9H10F3NO/c10-5-1-2-6(11)9(12)8(5)7(13)3-4-14/h1-2,7,14H,3-4,13H2/t7-/m1/s1. The molecule has 78 valence electrons. The zero-order valence-corrected chi connectivity index (χ0v) is 7.30. The van der Waals surface area contributed by atoms with E-state index in [4.69, 9.17) is 10.8 Å². The van der Waals surface area contributed by atoms with Crippen LogP contribution in [0.15, 0.2) is 12.1 Å². The van der Waals surface area contributed by atoms with Gasteiger partial charge in [0.05, 0.1) is 0 Å². The third-order valence-corrected chi connectivity index (χ3v) is 1.89.